The van der Waals surface area contributed by atoms with E-state index in [9.17, 15) is 9.59 Å². The Labute approximate surface area is 180 Å². The average molecular weight is 419 g/mol. The highest BCUT2D eigenvalue weighted by atomic mass is 16.5. The van der Waals surface area contributed by atoms with Gasteiger partial charge in [0.2, 0.25) is 0 Å². The lowest BCUT2D eigenvalue weighted by Crippen LogP contribution is -2.33. The van der Waals surface area contributed by atoms with Gasteiger partial charge in [0.15, 0.2) is 18.1 Å². The molecule has 0 aliphatic rings. The van der Waals surface area contributed by atoms with Gasteiger partial charge in [0.25, 0.3) is 5.91 Å². The molecule has 0 unspecified atom stereocenters. The maximum Gasteiger partial charge on any atom is 0.357 e. The number of benzene rings is 2. The quantitative estimate of drug-likeness (QED) is 0.422. The van der Waals surface area contributed by atoms with Gasteiger partial charge in [-0.2, -0.15) is 4.68 Å². The summed E-state index contributed by atoms with van der Waals surface area (Å²) in [4.78, 5) is 25.3. The van der Waals surface area contributed by atoms with E-state index in [0.29, 0.717) is 5.82 Å². The van der Waals surface area contributed by atoms with Crippen LogP contribution >= 0.6 is 0 Å². The lowest BCUT2D eigenvalue weighted by molar-refractivity contribution is -0.143. The highest BCUT2D eigenvalue weighted by Crippen LogP contribution is 2.18. The van der Waals surface area contributed by atoms with Crippen LogP contribution in [-0.4, -0.2) is 38.7 Å². The van der Waals surface area contributed by atoms with Gasteiger partial charge in [0.05, 0.1) is 6.04 Å². The number of nitrogens with zero attached hydrogens (tertiary/aromatic N) is 4. The van der Waals surface area contributed by atoms with Crippen molar-refractivity contribution in [3.8, 4) is 0 Å². The summed E-state index contributed by atoms with van der Waals surface area (Å²) in [6.45, 7) is 3.32. The highest BCUT2D eigenvalue weighted by molar-refractivity contribution is 6.15. The van der Waals surface area contributed by atoms with Gasteiger partial charge in [-0.05, 0) is 41.0 Å². The van der Waals surface area contributed by atoms with Crippen molar-refractivity contribution in [2.24, 2.45) is 0 Å². The van der Waals surface area contributed by atoms with E-state index in [0.717, 1.165) is 24.0 Å². The number of hydrogen-bond acceptors (Lipinski definition) is 6. The van der Waals surface area contributed by atoms with E-state index in [1.54, 1.807) is 13.0 Å². The predicted molar refractivity (Wildman–Crippen MR) is 116 cm³/mol. The molecule has 1 N–H and O–H groups in total. The van der Waals surface area contributed by atoms with Gasteiger partial charge in [-0.25, -0.2) is 4.79 Å². The monoisotopic (exact) mass is 419 g/mol. The van der Waals surface area contributed by atoms with Gasteiger partial charge >= 0.3 is 5.97 Å². The van der Waals surface area contributed by atoms with Crippen LogP contribution in [0.3, 0.4) is 0 Å². The minimum atomic E-state index is -0.693. The summed E-state index contributed by atoms with van der Waals surface area (Å²) in [6.07, 6.45) is 3.31. The van der Waals surface area contributed by atoms with E-state index >= 15 is 0 Å². The first-order chi connectivity index (χ1) is 15.1. The second-order valence-corrected chi connectivity index (χ2v) is 6.97. The Bertz CT molecular complexity index is 1030. The van der Waals surface area contributed by atoms with Gasteiger partial charge < -0.3 is 10.1 Å². The molecule has 0 bridgehead atoms. The van der Waals surface area contributed by atoms with E-state index in [1.165, 1.54) is 4.68 Å². The molecule has 3 rings (SSSR count). The van der Waals surface area contributed by atoms with Crippen molar-refractivity contribution in [1.29, 1.82) is 0 Å². The summed E-state index contributed by atoms with van der Waals surface area (Å²) in [7, 11) is 0. The van der Waals surface area contributed by atoms with Gasteiger partial charge in [0.1, 0.15) is 0 Å². The Kier molecular flexibility index (Phi) is 7.64. The fourth-order valence-corrected chi connectivity index (χ4v) is 3.11. The summed E-state index contributed by atoms with van der Waals surface area (Å²) in [5.74, 6) is -0.639. The number of esters is 1. The molecule has 3 aromatic rings. The fraction of sp³-hybridized carbons (Fsp3) is 0.261. The Hall–Kier alpha value is -3.81. The van der Waals surface area contributed by atoms with Crippen molar-refractivity contribution in [2.75, 3.05) is 6.61 Å². The minimum absolute atomic E-state index is 0.120. The molecular formula is C23H25N5O3. The van der Waals surface area contributed by atoms with E-state index in [2.05, 4.69) is 27.8 Å². The predicted octanol–water partition coefficient (Wildman–Crippen LogP) is 3.18. The zero-order valence-electron chi connectivity index (χ0n) is 17.6. The molecule has 0 spiro atoms. The number of ether oxygens (including phenoxy) is 1. The molecule has 0 fully saturated rings. The van der Waals surface area contributed by atoms with Gasteiger partial charge in [-0.1, -0.05) is 74.0 Å². The van der Waals surface area contributed by atoms with Gasteiger partial charge in [-0.3, -0.25) is 4.79 Å². The molecule has 8 nitrogen and oxygen atoms in total. The molecule has 1 atom stereocenters. The molecule has 160 valence electrons. The zero-order valence-corrected chi connectivity index (χ0v) is 17.6. The van der Waals surface area contributed by atoms with Crippen molar-refractivity contribution < 1.29 is 14.3 Å². The highest BCUT2D eigenvalue weighted by Gasteiger charge is 2.20. The molecule has 0 aliphatic carbocycles. The van der Waals surface area contributed by atoms with Gasteiger partial charge in [0, 0.05) is 0 Å². The third kappa shape index (κ3) is 6.08. The number of rotatable bonds is 9. The first kappa shape index (κ1) is 21.9. The SMILES string of the molecule is CCC[C@H](NC(=O)COC(=O)/C(=C/c1ccccc1)n1nnnc1C)c1ccccc1. The molecule has 0 aliphatic heterocycles. The number of amides is 1. The fourth-order valence-electron chi connectivity index (χ4n) is 3.11. The molecule has 1 aromatic heterocycles. The van der Waals surface area contributed by atoms with Gasteiger partial charge in [-0.15, -0.1) is 5.10 Å². The van der Waals surface area contributed by atoms with Crippen LogP contribution in [0.2, 0.25) is 0 Å². The van der Waals surface area contributed by atoms with Crippen LogP contribution in [-0.2, 0) is 14.3 Å². The van der Waals surface area contributed by atoms with E-state index in [1.807, 2.05) is 60.7 Å². The van der Waals surface area contributed by atoms with Crippen molar-refractivity contribution >= 4 is 23.6 Å². The van der Waals surface area contributed by atoms with Crippen LogP contribution in [0.15, 0.2) is 60.7 Å². The second kappa shape index (κ2) is 10.8. The molecule has 0 radical (unpaired) electrons. The molecular weight excluding hydrogens is 394 g/mol. The molecule has 31 heavy (non-hydrogen) atoms. The number of hydrogen-bond donors (Lipinski definition) is 1. The van der Waals surface area contributed by atoms with Crippen molar-refractivity contribution in [1.82, 2.24) is 25.5 Å². The number of carbonyl (C=O) groups is 2. The van der Waals surface area contributed by atoms with Crippen LogP contribution in [0.4, 0.5) is 0 Å². The van der Waals surface area contributed by atoms with Crippen molar-refractivity contribution in [3.63, 3.8) is 0 Å². The number of carbonyl (C=O) groups excluding carboxylic acids is 2. The topological polar surface area (TPSA) is 99.0 Å². The number of nitrogens with one attached hydrogen (secondary N) is 1. The first-order valence-electron chi connectivity index (χ1n) is 10.1. The van der Waals surface area contributed by atoms with Crippen LogP contribution in [0, 0.1) is 6.92 Å². The summed E-state index contributed by atoms with van der Waals surface area (Å²) < 4.78 is 6.59. The Balaban J connectivity index is 1.70. The zero-order chi connectivity index (χ0) is 22.1. The Morgan fingerprint density at radius 3 is 2.39 bits per heavy atom. The van der Waals surface area contributed by atoms with Crippen molar-refractivity contribution in [3.05, 3.63) is 77.6 Å². The summed E-state index contributed by atoms with van der Waals surface area (Å²) in [5, 5.41) is 14.2. The van der Waals surface area contributed by atoms with Crippen LogP contribution in [0.1, 0.15) is 42.8 Å². The summed E-state index contributed by atoms with van der Waals surface area (Å²) >= 11 is 0. The minimum Gasteiger partial charge on any atom is -0.451 e. The van der Waals surface area contributed by atoms with E-state index in [-0.39, 0.29) is 17.6 Å². The van der Waals surface area contributed by atoms with Crippen LogP contribution in [0.5, 0.6) is 0 Å². The number of tetrazole rings is 1. The van der Waals surface area contributed by atoms with E-state index in [4.69, 9.17) is 4.74 Å². The smallest absolute Gasteiger partial charge is 0.357 e. The third-order valence-electron chi connectivity index (χ3n) is 4.61. The normalized spacial score (nSPS) is 12.3. The second-order valence-electron chi connectivity index (χ2n) is 6.97. The Morgan fingerprint density at radius 2 is 1.77 bits per heavy atom. The molecule has 1 heterocycles. The van der Waals surface area contributed by atoms with Crippen LogP contribution < -0.4 is 5.32 Å². The van der Waals surface area contributed by atoms with Crippen LogP contribution in [0.25, 0.3) is 11.8 Å². The Morgan fingerprint density at radius 1 is 1.10 bits per heavy atom. The number of aryl methyl sites for hydroxylation is 1. The largest absolute Gasteiger partial charge is 0.451 e. The summed E-state index contributed by atoms with van der Waals surface area (Å²) in [5.41, 5.74) is 1.91. The number of aromatic nitrogens is 4. The lowest BCUT2D eigenvalue weighted by atomic mass is 10.0. The molecule has 8 heteroatoms. The molecule has 0 saturated heterocycles. The average Bonchev–Trinajstić information content (AvgIpc) is 3.22. The van der Waals surface area contributed by atoms with E-state index < -0.39 is 12.6 Å². The maximum absolute atomic E-state index is 12.8. The molecule has 0 saturated carbocycles. The molecule has 2 aromatic carbocycles. The maximum atomic E-state index is 12.8. The standard InChI is InChI=1S/C23H25N5O3/c1-3-10-20(19-13-8-5-9-14-19)24-22(29)16-31-23(30)21(28-17(2)25-26-27-28)15-18-11-6-4-7-12-18/h4-9,11-15,20H,3,10,16H2,1-2H3,(H,24,29)/b21-15-/t20-/m0/s1. The first-order valence-corrected chi connectivity index (χ1v) is 10.1. The summed E-state index contributed by atoms with van der Waals surface area (Å²) in [6, 6.07) is 18.8. The van der Waals surface area contributed by atoms with Crippen molar-refractivity contribution in [2.45, 2.75) is 32.7 Å². The lowest BCUT2D eigenvalue weighted by Gasteiger charge is -2.18. The third-order valence-corrected chi connectivity index (χ3v) is 4.61. The molecule has 1 amide bonds.